The number of carbonyl (C=O) groups is 2. The van der Waals surface area contributed by atoms with Gasteiger partial charge < -0.3 is 19.9 Å². The molecule has 2 aromatic carbocycles. The van der Waals surface area contributed by atoms with E-state index in [1.165, 1.54) is 24.2 Å². The Kier molecular flexibility index (Phi) is 10.6. The molecule has 1 saturated heterocycles. The van der Waals surface area contributed by atoms with Gasteiger partial charge in [-0.1, -0.05) is 6.07 Å². The number of halogens is 8. The van der Waals surface area contributed by atoms with Crippen molar-refractivity contribution in [3.8, 4) is 17.0 Å². The number of aromatic nitrogens is 2. The third kappa shape index (κ3) is 7.69. The fourth-order valence-corrected chi connectivity index (χ4v) is 6.86. The van der Waals surface area contributed by atoms with Crippen molar-refractivity contribution in [2.24, 2.45) is 0 Å². The zero-order valence-corrected chi connectivity index (χ0v) is 29.7. The van der Waals surface area contributed by atoms with E-state index < -0.39 is 87.4 Å². The molecule has 3 aliphatic rings. The predicted molar refractivity (Wildman–Crippen MR) is 179 cm³/mol. The van der Waals surface area contributed by atoms with Gasteiger partial charge in [0.2, 0.25) is 5.82 Å². The van der Waals surface area contributed by atoms with Crippen molar-refractivity contribution in [1.82, 2.24) is 24.9 Å². The second-order valence-electron chi connectivity index (χ2n) is 14.0. The van der Waals surface area contributed by atoms with Gasteiger partial charge in [0.05, 0.1) is 42.2 Å². The van der Waals surface area contributed by atoms with Gasteiger partial charge in [-0.05, 0) is 63.4 Å². The van der Waals surface area contributed by atoms with Gasteiger partial charge >= 0.3 is 12.4 Å². The minimum Gasteiger partial charge on any atom is -0.509 e. The summed E-state index contributed by atoms with van der Waals surface area (Å²) in [6.07, 6.45) is -8.45. The highest BCUT2D eigenvalue weighted by molar-refractivity contribution is 6.24. The number of nitrogens with zero attached hydrogens (tertiary/aromatic N) is 5. The van der Waals surface area contributed by atoms with E-state index in [9.17, 15) is 41.0 Å². The Labute approximate surface area is 309 Å². The Morgan fingerprint density at radius 2 is 1.75 bits per heavy atom. The van der Waals surface area contributed by atoms with Crippen LogP contribution in [0.15, 0.2) is 54.1 Å². The van der Waals surface area contributed by atoms with E-state index in [0.29, 0.717) is 57.3 Å². The number of nitrogens with one attached hydrogen (secondary N) is 1. The summed E-state index contributed by atoms with van der Waals surface area (Å²) in [6, 6.07) is 4.60. The second kappa shape index (κ2) is 14.6. The van der Waals surface area contributed by atoms with E-state index >= 15 is 8.78 Å². The zero-order valence-electron chi connectivity index (χ0n) is 29.7. The highest BCUT2D eigenvalue weighted by atomic mass is 19.4. The van der Waals surface area contributed by atoms with Crippen LogP contribution in [0.3, 0.4) is 0 Å². The van der Waals surface area contributed by atoms with Gasteiger partial charge in [0, 0.05) is 36.8 Å². The van der Waals surface area contributed by atoms with Gasteiger partial charge in [-0.25, -0.2) is 19.4 Å². The molecule has 0 atom stereocenters. The molecule has 3 aromatic rings. The van der Waals surface area contributed by atoms with Crippen LogP contribution >= 0.6 is 0 Å². The molecule has 1 aliphatic carbocycles. The Bertz CT molecular complexity index is 2020. The second-order valence-corrected chi connectivity index (χ2v) is 14.0. The number of aliphatic hydroxyl groups is 1. The van der Waals surface area contributed by atoms with E-state index in [1.54, 1.807) is 0 Å². The van der Waals surface area contributed by atoms with Crippen molar-refractivity contribution in [1.29, 1.82) is 0 Å². The minimum atomic E-state index is -4.99. The highest BCUT2D eigenvalue weighted by Gasteiger charge is 2.55. The summed E-state index contributed by atoms with van der Waals surface area (Å²) >= 11 is 0. The lowest BCUT2D eigenvalue weighted by atomic mass is 9.72. The van der Waals surface area contributed by atoms with Crippen LogP contribution in [0.2, 0.25) is 0 Å². The van der Waals surface area contributed by atoms with Crippen LogP contribution in [0.4, 0.5) is 40.8 Å². The Morgan fingerprint density at radius 1 is 1.02 bits per heavy atom. The molecule has 0 bridgehead atoms. The van der Waals surface area contributed by atoms with Gasteiger partial charge in [0.1, 0.15) is 30.0 Å². The summed E-state index contributed by atoms with van der Waals surface area (Å²) in [4.78, 5) is 36.7. The van der Waals surface area contributed by atoms with E-state index in [0.717, 1.165) is 11.1 Å². The predicted octanol–water partition coefficient (Wildman–Crippen LogP) is 6.51. The molecule has 1 aromatic heterocycles. The maximum Gasteiger partial charge on any atom is 0.433 e. The topological polar surface area (TPSA) is 120 Å². The van der Waals surface area contributed by atoms with Crippen LogP contribution in [0.1, 0.15) is 49.9 Å². The summed E-state index contributed by atoms with van der Waals surface area (Å²) in [5.74, 6) is -6.16. The van der Waals surface area contributed by atoms with Crippen molar-refractivity contribution in [3.05, 3.63) is 82.5 Å². The molecule has 0 unspecified atom stereocenters. The number of hydrazine groups is 1. The number of alkyl halides is 6. The molecule has 1 saturated carbocycles. The van der Waals surface area contributed by atoms with Crippen LogP contribution in [0.5, 0.6) is 5.75 Å². The molecule has 2 fully saturated rings. The zero-order chi connectivity index (χ0) is 40.1. The molecule has 296 valence electrons. The van der Waals surface area contributed by atoms with Gasteiger partial charge in [-0.2, -0.15) is 30.7 Å². The molecule has 0 radical (unpaired) electrons. The number of benzene rings is 2. The fourth-order valence-electron chi connectivity index (χ4n) is 6.86. The number of aliphatic hydroxyl groups excluding tert-OH is 1. The Balaban J connectivity index is 1.27. The average molecular weight is 785 g/mol. The van der Waals surface area contributed by atoms with Crippen LogP contribution in [0, 0.1) is 11.6 Å². The first-order valence-corrected chi connectivity index (χ1v) is 17.1. The van der Waals surface area contributed by atoms with Crippen molar-refractivity contribution < 1.29 is 59.3 Å². The lowest BCUT2D eigenvalue weighted by Crippen LogP contribution is -2.65. The number of amides is 2. The summed E-state index contributed by atoms with van der Waals surface area (Å²) in [7, 11) is 1.42. The normalized spacial score (nSPS) is 19.1. The van der Waals surface area contributed by atoms with Gasteiger partial charge in [-0.3, -0.25) is 19.5 Å². The quantitative estimate of drug-likeness (QED) is 0.185. The number of ether oxygens (including phenoxy) is 2. The SMILES string of the molecule is CN1N(Cc2ccc(OCCN3CCOCC3(C)C)c(F)c2F)C(=O)C(C(=O)Nc2ccc(C(F)(F)F)cc2-c2cc(C(F)(F)F)ncn2)=C(O)C12CCC2. The first-order valence-electron chi connectivity index (χ1n) is 17.1. The van der Waals surface area contributed by atoms with Crippen molar-refractivity contribution in [2.75, 3.05) is 45.3 Å². The van der Waals surface area contributed by atoms with E-state index in [-0.39, 0.29) is 36.3 Å². The molecule has 55 heavy (non-hydrogen) atoms. The third-order valence-electron chi connectivity index (χ3n) is 10.2. The van der Waals surface area contributed by atoms with Crippen molar-refractivity contribution in [2.45, 2.75) is 63.1 Å². The smallest absolute Gasteiger partial charge is 0.433 e. The Hall–Kier alpha value is -4.88. The van der Waals surface area contributed by atoms with E-state index in [1.807, 2.05) is 13.8 Å². The number of hydrogen-bond acceptors (Lipinski definition) is 9. The van der Waals surface area contributed by atoms with Crippen LogP contribution in [-0.2, 0) is 33.2 Å². The number of rotatable bonds is 9. The maximum atomic E-state index is 15.6. The van der Waals surface area contributed by atoms with Gasteiger partial charge in [0.15, 0.2) is 11.6 Å². The number of likely N-dealkylation sites (N-methyl/N-ethyl adjacent to an activating group) is 1. The molecule has 3 heterocycles. The number of anilines is 1. The molecule has 2 aliphatic heterocycles. The molecule has 6 rings (SSSR count). The maximum absolute atomic E-state index is 15.6. The number of hydrogen-bond donors (Lipinski definition) is 2. The van der Waals surface area contributed by atoms with Crippen LogP contribution < -0.4 is 10.1 Å². The number of carbonyl (C=O) groups excluding carboxylic acids is 2. The molecule has 2 amide bonds. The standard InChI is InChI=1S/C36H36F8N6O5/c1-33(2)18-54-13-11-49(33)12-14-55-25-8-5-20(28(37)29(25)38)17-50-32(53)27(30(51)34(48(50)3)9-4-10-34)31(52)47-23-7-6-21(35(39,40)41)15-22(23)24-16-26(36(42,43)44)46-19-45-24/h5-8,15-16,19,51H,4,9-14,17-18H2,1-3H3,(H,47,52). The van der Waals surface area contributed by atoms with E-state index in [4.69, 9.17) is 9.47 Å². The summed E-state index contributed by atoms with van der Waals surface area (Å²) in [5, 5.41) is 15.9. The summed E-state index contributed by atoms with van der Waals surface area (Å²) in [6.45, 7) is 5.46. The molecule has 1 spiro atoms. The van der Waals surface area contributed by atoms with Crippen molar-refractivity contribution in [3.63, 3.8) is 0 Å². The van der Waals surface area contributed by atoms with Gasteiger partial charge in [0.25, 0.3) is 11.8 Å². The van der Waals surface area contributed by atoms with Gasteiger partial charge in [-0.15, -0.1) is 0 Å². The first kappa shape index (κ1) is 39.8. The highest BCUT2D eigenvalue weighted by Crippen LogP contribution is 2.47. The first-order chi connectivity index (χ1) is 25.7. The summed E-state index contributed by atoms with van der Waals surface area (Å²) < 4.78 is 123. The third-order valence-corrected chi connectivity index (χ3v) is 10.2. The van der Waals surface area contributed by atoms with Crippen molar-refractivity contribution >= 4 is 17.5 Å². The monoisotopic (exact) mass is 784 g/mol. The minimum absolute atomic E-state index is 0.0406. The average Bonchev–Trinajstić information content (AvgIpc) is 3.08. The number of morpholine rings is 1. The molecule has 19 heteroatoms. The molecule has 11 nitrogen and oxygen atoms in total. The van der Waals surface area contributed by atoms with E-state index in [2.05, 4.69) is 20.2 Å². The largest absolute Gasteiger partial charge is 0.509 e. The lowest BCUT2D eigenvalue weighted by molar-refractivity contribution is -0.172. The molecule has 2 N–H and O–H groups in total. The lowest BCUT2D eigenvalue weighted by Gasteiger charge is -2.54. The van der Waals surface area contributed by atoms with Crippen LogP contribution in [0.25, 0.3) is 11.3 Å². The summed E-state index contributed by atoms with van der Waals surface area (Å²) in [5.41, 5.74) is -7.23. The van der Waals surface area contributed by atoms with Crippen LogP contribution in [-0.4, -0.2) is 92.8 Å². The molecular weight excluding hydrogens is 748 g/mol. The Morgan fingerprint density at radius 3 is 2.38 bits per heavy atom. The molecular formula is C36H36F8N6O5. The fraction of sp³-hybridized carbons (Fsp3) is 0.444.